The lowest BCUT2D eigenvalue weighted by molar-refractivity contribution is 0.0936. The molecule has 0 heterocycles. The summed E-state index contributed by atoms with van der Waals surface area (Å²) in [7, 11) is 0. The first-order valence-electron chi connectivity index (χ1n) is 7.32. The van der Waals surface area contributed by atoms with Crippen molar-refractivity contribution in [3.8, 4) is 0 Å². The van der Waals surface area contributed by atoms with Gasteiger partial charge in [-0.1, -0.05) is 78.1 Å². The lowest BCUT2D eigenvalue weighted by Gasteiger charge is -2.28. The number of halogens is 3. The normalized spacial score (nSPS) is 12.2. The van der Waals surface area contributed by atoms with E-state index in [-0.39, 0.29) is 5.91 Å². The van der Waals surface area contributed by atoms with Gasteiger partial charge in [0.1, 0.15) is 6.17 Å². The topological polar surface area (TPSA) is 53.2 Å². The molecule has 132 valence electrons. The van der Waals surface area contributed by atoms with E-state index >= 15 is 0 Å². The van der Waals surface area contributed by atoms with Gasteiger partial charge in [-0.3, -0.25) is 4.79 Å². The summed E-state index contributed by atoms with van der Waals surface area (Å²) in [6, 6.07) is 16.8. The summed E-state index contributed by atoms with van der Waals surface area (Å²) in [6.45, 7) is 2.00. The van der Waals surface area contributed by atoms with E-state index in [1.165, 1.54) is 0 Å². The molecule has 4 nitrogen and oxygen atoms in total. The van der Waals surface area contributed by atoms with Gasteiger partial charge in [0.2, 0.25) is 0 Å². The summed E-state index contributed by atoms with van der Waals surface area (Å²) in [5.41, 5.74) is 2.55. The maximum atomic E-state index is 12.4. The fraction of sp³-hybridized carbons (Fsp3) is 0.176. The van der Waals surface area contributed by atoms with Gasteiger partial charge in [0.15, 0.2) is 7.26 Å². The number of amides is 1. The highest BCUT2D eigenvalue weighted by molar-refractivity contribution is 9.39. The van der Waals surface area contributed by atoms with Crippen LogP contribution < -0.4 is 16.0 Å². The maximum Gasteiger partial charge on any atom is 0.252 e. The molecule has 0 aromatic heterocycles. The van der Waals surface area contributed by atoms with E-state index in [0.29, 0.717) is 10.7 Å². The standard InChI is InChI=1S/C17H16Br3N3OS/c1-11-6-5-9-13(10-11)21-16(25)23-15(17(18,19)20)22-14(24)12-7-3-2-4-8-12/h2-10,15H,1H3,(H,22,24)(H2,21,23,25)/t15-/m0/s1. The molecule has 0 saturated carbocycles. The number of carbonyl (C=O) groups is 1. The van der Waals surface area contributed by atoms with E-state index in [9.17, 15) is 4.79 Å². The molecule has 0 saturated heterocycles. The van der Waals surface area contributed by atoms with Crippen molar-refractivity contribution < 1.29 is 4.79 Å². The van der Waals surface area contributed by atoms with Crippen LogP contribution in [0.3, 0.4) is 0 Å². The van der Waals surface area contributed by atoms with Crippen molar-refractivity contribution in [1.82, 2.24) is 10.6 Å². The molecule has 0 aliphatic carbocycles. The molecule has 0 fully saturated rings. The van der Waals surface area contributed by atoms with Gasteiger partial charge in [-0.15, -0.1) is 0 Å². The summed E-state index contributed by atoms with van der Waals surface area (Å²) in [5, 5.41) is 9.44. The Morgan fingerprint density at radius 3 is 2.32 bits per heavy atom. The quantitative estimate of drug-likeness (QED) is 0.289. The third-order valence-corrected chi connectivity index (χ3v) is 4.78. The van der Waals surface area contributed by atoms with Crippen molar-refractivity contribution in [1.29, 1.82) is 0 Å². The van der Waals surface area contributed by atoms with Crippen LogP contribution >= 0.6 is 60.0 Å². The molecule has 3 N–H and O–H groups in total. The Balaban J connectivity index is 2.05. The molecule has 0 bridgehead atoms. The van der Waals surface area contributed by atoms with Gasteiger partial charge in [0.25, 0.3) is 5.91 Å². The van der Waals surface area contributed by atoms with Crippen LogP contribution in [-0.2, 0) is 0 Å². The SMILES string of the molecule is Cc1cccc(NC(=S)N[C@H](NC(=O)c2ccccc2)C(Br)(Br)Br)c1. The van der Waals surface area contributed by atoms with E-state index in [1.54, 1.807) is 12.1 Å². The predicted octanol–water partition coefficient (Wildman–Crippen LogP) is 4.88. The summed E-state index contributed by atoms with van der Waals surface area (Å²) in [5.74, 6) is -0.223. The molecular formula is C17H16Br3N3OS. The second kappa shape index (κ2) is 9.12. The zero-order valence-electron chi connectivity index (χ0n) is 13.2. The molecule has 8 heteroatoms. The first kappa shape index (κ1) is 20.4. The zero-order valence-corrected chi connectivity index (χ0v) is 18.8. The third kappa shape index (κ3) is 6.69. The Kier molecular flexibility index (Phi) is 7.42. The van der Waals surface area contributed by atoms with E-state index in [2.05, 4.69) is 63.7 Å². The largest absolute Gasteiger partial charge is 0.340 e. The van der Waals surface area contributed by atoms with E-state index < -0.39 is 8.31 Å². The van der Waals surface area contributed by atoms with Crippen LogP contribution in [0.15, 0.2) is 54.6 Å². The van der Waals surface area contributed by atoms with Gasteiger partial charge in [-0.2, -0.15) is 0 Å². The van der Waals surface area contributed by atoms with Crippen molar-refractivity contribution in [2.24, 2.45) is 0 Å². The minimum absolute atomic E-state index is 0.223. The fourth-order valence-electron chi connectivity index (χ4n) is 2.02. The molecule has 25 heavy (non-hydrogen) atoms. The fourth-order valence-corrected chi connectivity index (χ4v) is 2.95. The lowest BCUT2D eigenvalue weighted by atomic mass is 10.2. The monoisotopic (exact) mass is 547 g/mol. The number of thiocarbonyl (C=S) groups is 1. The number of aryl methyl sites for hydroxylation is 1. The molecule has 0 radical (unpaired) electrons. The average Bonchev–Trinajstić information content (AvgIpc) is 2.54. The molecule has 0 unspecified atom stereocenters. The van der Waals surface area contributed by atoms with Crippen molar-refractivity contribution in [3.63, 3.8) is 0 Å². The zero-order chi connectivity index (χ0) is 18.4. The first-order valence-corrected chi connectivity index (χ1v) is 10.1. The van der Waals surface area contributed by atoms with E-state index in [4.69, 9.17) is 12.2 Å². The minimum Gasteiger partial charge on any atom is -0.340 e. The molecule has 0 spiro atoms. The van der Waals surface area contributed by atoms with Crippen LogP contribution in [0.1, 0.15) is 15.9 Å². The van der Waals surface area contributed by atoms with Crippen LogP contribution in [0.4, 0.5) is 5.69 Å². The molecule has 1 atom stereocenters. The Labute approximate surface area is 177 Å². The van der Waals surface area contributed by atoms with Crippen molar-refractivity contribution >= 4 is 76.7 Å². The summed E-state index contributed by atoms with van der Waals surface area (Å²) in [4.78, 5) is 12.4. The second-order valence-corrected chi connectivity index (χ2v) is 12.6. The Hall–Kier alpha value is -0.960. The van der Waals surface area contributed by atoms with Crippen LogP contribution in [0.5, 0.6) is 0 Å². The highest BCUT2D eigenvalue weighted by atomic mass is 80.0. The molecule has 0 aliphatic rings. The molecule has 2 aromatic carbocycles. The Bertz CT molecular complexity index is 750. The first-order chi connectivity index (χ1) is 11.8. The van der Waals surface area contributed by atoms with Crippen LogP contribution in [0.25, 0.3) is 0 Å². The van der Waals surface area contributed by atoms with Gasteiger partial charge in [-0.25, -0.2) is 0 Å². The summed E-state index contributed by atoms with van der Waals surface area (Å²) in [6.07, 6.45) is -0.565. The Morgan fingerprint density at radius 2 is 1.72 bits per heavy atom. The van der Waals surface area contributed by atoms with Crippen molar-refractivity contribution in [2.75, 3.05) is 5.32 Å². The van der Waals surface area contributed by atoms with E-state index in [0.717, 1.165) is 11.3 Å². The van der Waals surface area contributed by atoms with Crippen LogP contribution in [-0.4, -0.2) is 19.3 Å². The smallest absolute Gasteiger partial charge is 0.252 e. The van der Waals surface area contributed by atoms with Crippen LogP contribution in [0, 0.1) is 6.92 Å². The molecular weight excluding hydrogens is 534 g/mol. The average molecular weight is 550 g/mol. The summed E-state index contributed by atoms with van der Waals surface area (Å²) >= 11 is 15.7. The third-order valence-electron chi connectivity index (χ3n) is 3.19. The van der Waals surface area contributed by atoms with E-state index in [1.807, 2.05) is 49.4 Å². The molecule has 2 rings (SSSR count). The minimum atomic E-state index is -0.782. The molecule has 1 amide bonds. The van der Waals surface area contributed by atoms with Gasteiger partial charge in [0.05, 0.1) is 0 Å². The number of nitrogens with one attached hydrogen (secondary N) is 3. The highest BCUT2D eigenvalue weighted by Crippen LogP contribution is 2.36. The number of benzene rings is 2. The van der Waals surface area contributed by atoms with Gasteiger partial charge < -0.3 is 16.0 Å². The number of carbonyl (C=O) groups excluding carboxylic acids is 1. The molecule has 0 aliphatic heterocycles. The van der Waals surface area contributed by atoms with Gasteiger partial charge >= 0.3 is 0 Å². The number of hydrogen-bond acceptors (Lipinski definition) is 2. The van der Waals surface area contributed by atoms with Gasteiger partial charge in [-0.05, 0) is 49.0 Å². The second-order valence-electron chi connectivity index (χ2n) is 5.28. The maximum absolute atomic E-state index is 12.4. The van der Waals surface area contributed by atoms with Crippen LogP contribution in [0.2, 0.25) is 0 Å². The summed E-state index contributed by atoms with van der Waals surface area (Å²) < 4.78 is -0.782. The van der Waals surface area contributed by atoms with Crippen molar-refractivity contribution in [2.45, 2.75) is 15.2 Å². The number of hydrogen-bond donors (Lipinski definition) is 3. The number of alkyl halides is 3. The van der Waals surface area contributed by atoms with Gasteiger partial charge in [0, 0.05) is 11.3 Å². The Morgan fingerprint density at radius 1 is 1.04 bits per heavy atom. The predicted molar refractivity (Wildman–Crippen MR) is 118 cm³/mol. The number of anilines is 1. The molecule has 2 aromatic rings. The highest BCUT2D eigenvalue weighted by Gasteiger charge is 2.33. The lowest BCUT2D eigenvalue weighted by Crippen LogP contribution is -2.55. The number of rotatable bonds is 4. The van der Waals surface area contributed by atoms with Crippen molar-refractivity contribution in [3.05, 3.63) is 65.7 Å².